The van der Waals surface area contributed by atoms with Crippen molar-refractivity contribution in [3.8, 4) is 0 Å². The zero-order chi connectivity index (χ0) is 15.2. The first-order valence-corrected chi connectivity index (χ1v) is 6.44. The summed E-state index contributed by atoms with van der Waals surface area (Å²) in [5, 5.41) is 13.7. The van der Waals surface area contributed by atoms with Gasteiger partial charge in [0.1, 0.15) is 0 Å². The minimum absolute atomic E-state index is 0.0748. The molecule has 0 fully saturated rings. The van der Waals surface area contributed by atoms with Gasteiger partial charge in [-0.25, -0.2) is 0 Å². The normalized spacial score (nSPS) is 10.1. The predicted molar refractivity (Wildman–Crippen MR) is 80.3 cm³/mol. The van der Waals surface area contributed by atoms with Crippen molar-refractivity contribution in [2.75, 3.05) is 11.9 Å². The van der Waals surface area contributed by atoms with Gasteiger partial charge in [-0.05, 0) is 24.1 Å². The molecule has 0 atom stereocenters. The summed E-state index contributed by atoms with van der Waals surface area (Å²) in [5.41, 5.74) is 7.48. The van der Waals surface area contributed by atoms with E-state index >= 15 is 0 Å². The summed E-state index contributed by atoms with van der Waals surface area (Å²) in [5.74, 6) is -0.478. The van der Waals surface area contributed by atoms with E-state index in [1.54, 1.807) is 30.3 Å². The number of rotatable bonds is 6. The number of non-ortho nitro benzene ring substituents is 1. The van der Waals surface area contributed by atoms with Crippen LogP contribution in [-0.4, -0.2) is 17.4 Å². The molecular formula is C15H15N3O3. The second kappa shape index (κ2) is 6.51. The lowest BCUT2D eigenvalue weighted by atomic mass is 10.1. The molecule has 0 radical (unpaired) electrons. The number of nitrogens with zero attached hydrogens (tertiary/aromatic N) is 1. The summed E-state index contributed by atoms with van der Waals surface area (Å²) in [6, 6.07) is 13.4. The standard InChI is InChI=1S/C15H15N3O3/c16-15(19)13-3-1-2-4-14(13)17-10-9-11-5-7-12(8-6-11)18(20)21/h1-8,17H,9-10H2,(H2,16,19). The van der Waals surface area contributed by atoms with Crippen LogP contribution in [0.1, 0.15) is 15.9 Å². The molecule has 108 valence electrons. The molecule has 0 aromatic heterocycles. The number of benzene rings is 2. The van der Waals surface area contributed by atoms with E-state index in [1.165, 1.54) is 12.1 Å². The van der Waals surface area contributed by atoms with Crippen LogP contribution in [0.5, 0.6) is 0 Å². The van der Waals surface area contributed by atoms with E-state index in [4.69, 9.17) is 5.73 Å². The van der Waals surface area contributed by atoms with Crippen LogP contribution < -0.4 is 11.1 Å². The first-order chi connectivity index (χ1) is 10.1. The summed E-state index contributed by atoms with van der Waals surface area (Å²) in [4.78, 5) is 21.4. The quantitative estimate of drug-likeness (QED) is 0.628. The summed E-state index contributed by atoms with van der Waals surface area (Å²) in [6.45, 7) is 0.599. The smallest absolute Gasteiger partial charge is 0.269 e. The van der Waals surface area contributed by atoms with Crippen molar-refractivity contribution in [1.29, 1.82) is 0 Å². The maximum absolute atomic E-state index is 11.3. The van der Waals surface area contributed by atoms with Crippen LogP contribution in [-0.2, 0) is 6.42 Å². The Morgan fingerprint density at radius 1 is 1.14 bits per heavy atom. The number of primary amides is 1. The Kier molecular flexibility index (Phi) is 4.50. The minimum Gasteiger partial charge on any atom is -0.384 e. The Hall–Kier alpha value is -2.89. The van der Waals surface area contributed by atoms with Crippen molar-refractivity contribution in [3.63, 3.8) is 0 Å². The molecule has 0 heterocycles. The molecule has 1 amide bonds. The number of nitrogens with one attached hydrogen (secondary N) is 1. The highest BCUT2D eigenvalue weighted by atomic mass is 16.6. The number of nitro benzene ring substituents is 1. The Morgan fingerprint density at radius 3 is 2.43 bits per heavy atom. The Bertz CT molecular complexity index is 653. The van der Waals surface area contributed by atoms with Gasteiger partial charge >= 0.3 is 0 Å². The van der Waals surface area contributed by atoms with Gasteiger partial charge in [0.25, 0.3) is 11.6 Å². The molecule has 0 spiro atoms. The molecule has 0 aliphatic carbocycles. The van der Waals surface area contributed by atoms with Gasteiger partial charge in [0.15, 0.2) is 0 Å². The maximum Gasteiger partial charge on any atom is 0.269 e. The van der Waals surface area contributed by atoms with E-state index in [2.05, 4.69) is 5.32 Å². The number of hydrogen-bond donors (Lipinski definition) is 2. The Labute approximate surface area is 121 Å². The van der Waals surface area contributed by atoms with Crippen LogP contribution in [0.25, 0.3) is 0 Å². The van der Waals surface area contributed by atoms with Crippen LogP contribution in [0.15, 0.2) is 48.5 Å². The molecule has 0 saturated heterocycles. The monoisotopic (exact) mass is 285 g/mol. The fourth-order valence-corrected chi connectivity index (χ4v) is 1.98. The average molecular weight is 285 g/mol. The number of amides is 1. The van der Waals surface area contributed by atoms with Crippen LogP contribution >= 0.6 is 0 Å². The Balaban J connectivity index is 1.95. The van der Waals surface area contributed by atoms with Crippen molar-refractivity contribution in [3.05, 3.63) is 69.8 Å². The lowest BCUT2D eigenvalue weighted by Gasteiger charge is -2.09. The summed E-state index contributed by atoms with van der Waals surface area (Å²) in [7, 11) is 0. The first-order valence-electron chi connectivity index (χ1n) is 6.44. The lowest BCUT2D eigenvalue weighted by molar-refractivity contribution is -0.384. The second-order valence-corrected chi connectivity index (χ2v) is 4.51. The van der Waals surface area contributed by atoms with Gasteiger partial charge in [-0.3, -0.25) is 14.9 Å². The molecule has 3 N–H and O–H groups in total. The maximum atomic E-state index is 11.3. The molecule has 0 aliphatic rings. The number of carbonyl (C=O) groups is 1. The third-order valence-corrected chi connectivity index (χ3v) is 3.07. The number of nitro groups is 1. The van der Waals surface area contributed by atoms with Crippen molar-refractivity contribution in [2.45, 2.75) is 6.42 Å². The number of carbonyl (C=O) groups excluding carboxylic acids is 1. The molecule has 2 aromatic carbocycles. The molecule has 0 saturated carbocycles. The zero-order valence-electron chi connectivity index (χ0n) is 11.3. The summed E-state index contributed by atoms with van der Waals surface area (Å²) >= 11 is 0. The SMILES string of the molecule is NC(=O)c1ccccc1NCCc1ccc([N+](=O)[O-])cc1. The van der Waals surface area contributed by atoms with Crippen LogP contribution in [0.2, 0.25) is 0 Å². The molecule has 21 heavy (non-hydrogen) atoms. The topological polar surface area (TPSA) is 98.3 Å². The van der Waals surface area contributed by atoms with Crippen molar-refractivity contribution in [1.82, 2.24) is 0 Å². The fraction of sp³-hybridized carbons (Fsp3) is 0.133. The molecule has 0 aliphatic heterocycles. The molecule has 0 unspecified atom stereocenters. The van der Waals surface area contributed by atoms with E-state index in [9.17, 15) is 14.9 Å². The zero-order valence-corrected chi connectivity index (χ0v) is 11.3. The van der Waals surface area contributed by atoms with Gasteiger partial charge in [0.05, 0.1) is 10.5 Å². The van der Waals surface area contributed by atoms with E-state index in [-0.39, 0.29) is 5.69 Å². The number of nitrogens with two attached hydrogens (primary N) is 1. The highest BCUT2D eigenvalue weighted by Gasteiger charge is 2.07. The number of para-hydroxylation sites is 1. The first kappa shape index (κ1) is 14.5. The highest BCUT2D eigenvalue weighted by Crippen LogP contribution is 2.15. The molecule has 0 bridgehead atoms. The van der Waals surface area contributed by atoms with Gasteiger partial charge in [-0.2, -0.15) is 0 Å². The highest BCUT2D eigenvalue weighted by molar-refractivity contribution is 5.98. The summed E-state index contributed by atoms with van der Waals surface area (Å²) < 4.78 is 0. The van der Waals surface area contributed by atoms with Crippen molar-refractivity contribution < 1.29 is 9.72 Å². The Morgan fingerprint density at radius 2 is 1.81 bits per heavy atom. The fourth-order valence-electron chi connectivity index (χ4n) is 1.98. The van der Waals surface area contributed by atoms with Gasteiger partial charge in [0, 0.05) is 24.4 Å². The van der Waals surface area contributed by atoms with E-state index in [0.717, 1.165) is 5.56 Å². The van der Waals surface area contributed by atoms with Crippen LogP contribution in [0, 0.1) is 10.1 Å². The van der Waals surface area contributed by atoms with Gasteiger partial charge in [-0.15, -0.1) is 0 Å². The van der Waals surface area contributed by atoms with Gasteiger partial charge in [-0.1, -0.05) is 24.3 Å². The number of hydrogen-bond acceptors (Lipinski definition) is 4. The minimum atomic E-state index is -0.478. The van der Waals surface area contributed by atoms with Crippen molar-refractivity contribution in [2.24, 2.45) is 5.73 Å². The number of anilines is 1. The molecule has 2 rings (SSSR count). The largest absolute Gasteiger partial charge is 0.384 e. The molecule has 2 aromatic rings. The van der Waals surface area contributed by atoms with Gasteiger partial charge < -0.3 is 11.1 Å². The van der Waals surface area contributed by atoms with Gasteiger partial charge in [0.2, 0.25) is 0 Å². The predicted octanol–water partition coefficient (Wildman–Crippen LogP) is 2.35. The lowest BCUT2D eigenvalue weighted by Crippen LogP contribution is -2.15. The van der Waals surface area contributed by atoms with E-state index < -0.39 is 10.8 Å². The van der Waals surface area contributed by atoms with Crippen LogP contribution in [0.4, 0.5) is 11.4 Å². The molecular weight excluding hydrogens is 270 g/mol. The van der Waals surface area contributed by atoms with E-state index in [1.807, 2.05) is 6.07 Å². The van der Waals surface area contributed by atoms with Crippen LogP contribution in [0.3, 0.4) is 0 Å². The second-order valence-electron chi connectivity index (χ2n) is 4.51. The average Bonchev–Trinajstić information content (AvgIpc) is 2.48. The third-order valence-electron chi connectivity index (χ3n) is 3.07. The van der Waals surface area contributed by atoms with Crippen molar-refractivity contribution >= 4 is 17.3 Å². The molecule has 6 nitrogen and oxygen atoms in total. The van der Waals surface area contributed by atoms with E-state index in [0.29, 0.717) is 24.2 Å². The molecule has 6 heteroatoms. The summed E-state index contributed by atoms with van der Waals surface area (Å²) in [6.07, 6.45) is 0.686. The third kappa shape index (κ3) is 3.79.